The molecule has 3 rings (SSSR count). The lowest BCUT2D eigenvalue weighted by atomic mass is 10.1. The fraction of sp³-hybridized carbons (Fsp3) is 0.333. The largest absolute Gasteiger partial charge is 0.367 e. The Balaban J connectivity index is 2.19. The number of hydrogen-bond donors (Lipinski definition) is 1. The topological polar surface area (TPSA) is 37.8 Å². The van der Waals surface area contributed by atoms with Crippen molar-refractivity contribution in [3.05, 3.63) is 30.6 Å². The molecule has 0 fully saturated rings. The van der Waals surface area contributed by atoms with Crippen molar-refractivity contribution in [3.8, 4) is 0 Å². The molecule has 4 heteroatoms. The van der Waals surface area contributed by atoms with Gasteiger partial charge in [0.15, 0.2) is 0 Å². The van der Waals surface area contributed by atoms with Gasteiger partial charge in [-0.3, -0.25) is 0 Å². The third kappa shape index (κ3) is 2.16. The van der Waals surface area contributed by atoms with Gasteiger partial charge < -0.3 is 5.32 Å². The van der Waals surface area contributed by atoms with Crippen LogP contribution in [0.2, 0.25) is 0 Å². The minimum Gasteiger partial charge on any atom is -0.367 e. The molecule has 0 aliphatic carbocycles. The third-order valence-electron chi connectivity index (χ3n) is 3.54. The van der Waals surface area contributed by atoms with E-state index in [1.165, 1.54) is 10.1 Å². The average Bonchev–Trinajstić information content (AvgIpc) is 2.77. The lowest BCUT2D eigenvalue weighted by molar-refractivity contribution is 0.559. The van der Waals surface area contributed by atoms with Crippen LogP contribution >= 0.6 is 11.3 Å². The summed E-state index contributed by atoms with van der Waals surface area (Å²) >= 11 is 1.72. The smallest absolute Gasteiger partial charge is 0.139 e. The van der Waals surface area contributed by atoms with Gasteiger partial charge in [0, 0.05) is 16.1 Å². The first-order valence-corrected chi connectivity index (χ1v) is 7.37. The quantitative estimate of drug-likeness (QED) is 0.771. The number of rotatable bonds is 3. The molecule has 2 aromatic heterocycles. The zero-order valence-electron chi connectivity index (χ0n) is 11.3. The van der Waals surface area contributed by atoms with Crippen LogP contribution in [0.1, 0.15) is 20.8 Å². The number of aromatic nitrogens is 2. The van der Waals surface area contributed by atoms with Crippen molar-refractivity contribution in [1.29, 1.82) is 0 Å². The fourth-order valence-electron chi connectivity index (χ4n) is 2.05. The molecule has 19 heavy (non-hydrogen) atoms. The van der Waals surface area contributed by atoms with Crippen molar-refractivity contribution in [2.45, 2.75) is 26.8 Å². The van der Waals surface area contributed by atoms with Gasteiger partial charge in [-0.15, -0.1) is 11.3 Å². The highest BCUT2D eigenvalue weighted by atomic mass is 32.1. The molecule has 0 saturated heterocycles. The summed E-state index contributed by atoms with van der Waals surface area (Å²) in [5.74, 6) is 1.51. The summed E-state index contributed by atoms with van der Waals surface area (Å²) in [6, 6.07) is 8.79. The van der Waals surface area contributed by atoms with Crippen molar-refractivity contribution >= 4 is 37.5 Å². The van der Waals surface area contributed by atoms with Crippen molar-refractivity contribution < 1.29 is 0 Å². The van der Waals surface area contributed by atoms with Crippen molar-refractivity contribution in [2.75, 3.05) is 5.32 Å². The summed E-state index contributed by atoms with van der Waals surface area (Å²) < 4.78 is 1.26. The first-order valence-electron chi connectivity index (χ1n) is 6.55. The molecule has 1 atom stereocenters. The van der Waals surface area contributed by atoms with Crippen LogP contribution < -0.4 is 5.32 Å². The van der Waals surface area contributed by atoms with Crippen LogP contribution in [0.15, 0.2) is 30.6 Å². The Bertz CT molecular complexity index is 718. The number of hydrogen-bond acceptors (Lipinski definition) is 4. The minimum absolute atomic E-state index is 0.386. The fourth-order valence-corrected chi connectivity index (χ4v) is 3.09. The van der Waals surface area contributed by atoms with Gasteiger partial charge in [0.05, 0.1) is 5.39 Å². The van der Waals surface area contributed by atoms with E-state index in [1.54, 1.807) is 17.7 Å². The second-order valence-electron chi connectivity index (χ2n) is 5.18. The maximum absolute atomic E-state index is 4.44. The summed E-state index contributed by atoms with van der Waals surface area (Å²) in [6.45, 7) is 6.61. The molecule has 3 nitrogen and oxygen atoms in total. The molecule has 0 aliphatic rings. The number of benzene rings is 1. The van der Waals surface area contributed by atoms with Crippen molar-refractivity contribution in [2.24, 2.45) is 5.92 Å². The van der Waals surface area contributed by atoms with Gasteiger partial charge in [0.1, 0.15) is 17.0 Å². The molecule has 3 aromatic rings. The van der Waals surface area contributed by atoms with Crippen LogP contribution in [0.3, 0.4) is 0 Å². The monoisotopic (exact) mass is 271 g/mol. The maximum atomic E-state index is 4.44. The zero-order valence-corrected chi connectivity index (χ0v) is 12.2. The minimum atomic E-state index is 0.386. The predicted molar refractivity (Wildman–Crippen MR) is 82.8 cm³/mol. The highest BCUT2D eigenvalue weighted by Gasteiger charge is 2.14. The Morgan fingerprint density at radius 3 is 2.68 bits per heavy atom. The van der Waals surface area contributed by atoms with Crippen LogP contribution in [-0.4, -0.2) is 16.0 Å². The Kier molecular flexibility index (Phi) is 3.11. The van der Waals surface area contributed by atoms with E-state index in [2.05, 4.69) is 60.3 Å². The molecule has 1 unspecified atom stereocenters. The number of thiophene rings is 1. The Labute approximate surface area is 116 Å². The van der Waals surface area contributed by atoms with Gasteiger partial charge in [-0.25, -0.2) is 9.97 Å². The zero-order chi connectivity index (χ0) is 13.4. The highest BCUT2D eigenvalue weighted by molar-refractivity contribution is 7.25. The summed E-state index contributed by atoms with van der Waals surface area (Å²) in [5, 5.41) is 5.90. The van der Waals surface area contributed by atoms with Gasteiger partial charge in [0.2, 0.25) is 0 Å². The van der Waals surface area contributed by atoms with E-state index in [1.807, 2.05) is 0 Å². The molecule has 98 valence electrons. The van der Waals surface area contributed by atoms with E-state index in [0.717, 1.165) is 16.0 Å². The van der Waals surface area contributed by atoms with Crippen LogP contribution in [0.5, 0.6) is 0 Å². The highest BCUT2D eigenvalue weighted by Crippen LogP contribution is 2.35. The van der Waals surface area contributed by atoms with Gasteiger partial charge in [0.25, 0.3) is 0 Å². The van der Waals surface area contributed by atoms with Crippen LogP contribution in [0.25, 0.3) is 20.3 Å². The Morgan fingerprint density at radius 1 is 1.11 bits per heavy atom. The van der Waals surface area contributed by atoms with E-state index in [9.17, 15) is 0 Å². The van der Waals surface area contributed by atoms with E-state index < -0.39 is 0 Å². The van der Waals surface area contributed by atoms with E-state index >= 15 is 0 Å². The number of anilines is 1. The summed E-state index contributed by atoms with van der Waals surface area (Å²) in [6.07, 6.45) is 1.65. The summed E-state index contributed by atoms with van der Waals surface area (Å²) in [7, 11) is 0. The van der Waals surface area contributed by atoms with Gasteiger partial charge in [-0.1, -0.05) is 32.0 Å². The molecule has 1 aromatic carbocycles. The Hall–Kier alpha value is -1.68. The molecule has 0 aliphatic heterocycles. The van der Waals surface area contributed by atoms with E-state index in [4.69, 9.17) is 0 Å². The second-order valence-corrected chi connectivity index (χ2v) is 6.21. The molecule has 1 N–H and O–H groups in total. The molecule has 0 radical (unpaired) electrons. The molecule has 0 bridgehead atoms. The lowest BCUT2D eigenvalue weighted by Gasteiger charge is -2.18. The number of fused-ring (bicyclic) bond motifs is 3. The molecular weight excluding hydrogens is 254 g/mol. The van der Waals surface area contributed by atoms with Gasteiger partial charge in [-0.05, 0) is 18.9 Å². The molecule has 2 heterocycles. The average molecular weight is 271 g/mol. The predicted octanol–water partition coefficient (Wildman–Crippen LogP) is 4.30. The van der Waals surface area contributed by atoms with Gasteiger partial charge in [-0.2, -0.15) is 0 Å². The second kappa shape index (κ2) is 4.78. The lowest BCUT2D eigenvalue weighted by Crippen LogP contribution is -2.22. The van der Waals surface area contributed by atoms with Crippen LogP contribution in [-0.2, 0) is 0 Å². The third-order valence-corrected chi connectivity index (χ3v) is 4.62. The first-order chi connectivity index (χ1) is 9.16. The van der Waals surface area contributed by atoms with Crippen molar-refractivity contribution in [3.63, 3.8) is 0 Å². The van der Waals surface area contributed by atoms with E-state index in [-0.39, 0.29) is 0 Å². The van der Waals surface area contributed by atoms with Crippen molar-refractivity contribution in [1.82, 2.24) is 9.97 Å². The standard InChI is InChI=1S/C15H17N3S/c1-9(2)10(3)18-14-13-11-6-4-5-7-12(11)19-15(13)17-8-16-14/h4-10H,1-3H3,(H,16,17,18). The van der Waals surface area contributed by atoms with Gasteiger partial charge >= 0.3 is 0 Å². The molecular formula is C15H17N3S. The molecule has 0 spiro atoms. The number of nitrogens with one attached hydrogen (secondary N) is 1. The summed E-state index contributed by atoms with van der Waals surface area (Å²) in [4.78, 5) is 9.89. The normalized spacial score (nSPS) is 13.3. The number of nitrogens with zero attached hydrogens (tertiary/aromatic N) is 2. The van der Waals surface area contributed by atoms with E-state index in [0.29, 0.717) is 12.0 Å². The first kappa shape index (κ1) is 12.4. The molecule has 0 saturated carbocycles. The van der Waals surface area contributed by atoms with Crippen LogP contribution in [0.4, 0.5) is 5.82 Å². The summed E-state index contributed by atoms with van der Waals surface area (Å²) in [5.41, 5.74) is 0. The Morgan fingerprint density at radius 2 is 1.89 bits per heavy atom. The molecule has 0 amide bonds. The SMILES string of the molecule is CC(C)C(C)Nc1ncnc2sc3ccccc3c12. The van der Waals surface area contributed by atoms with Crippen LogP contribution in [0, 0.1) is 5.92 Å². The maximum Gasteiger partial charge on any atom is 0.139 e.